The van der Waals surface area contributed by atoms with Crippen LogP contribution < -0.4 is 43.7 Å². The monoisotopic (exact) mass is 1220 g/mol. The molecule has 6 rings (SSSR count). The number of rotatable bonds is 37. The lowest BCUT2D eigenvalue weighted by Gasteiger charge is -2.19. The van der Waals surface area contributed by atoms with Crippen molar-refractivity contribution in [1.29, 1.82) is 0 Å². The fraction of sp³-hybridized carbons (Fsp3) is 0.400. The minimum absolute atomic E-state index is 0.0294. The molecule has 0 saturated heterocycles. The fourth-order valence-electron chi connectivity index (χ4n) is 8.97. The lowest BCUT2D eigenvalue weighted by atomic mass is 9.95. The van der Waals surface area contributed by atoms with E-state index in [1.54, 1.807) is 30.5 Å². The molecule has 0 radical (unpaired) electrons. The Labute approximate surface area is 519 Å². The van der Waals surface area contributed by atoms with Crippen LogP contribution in [0, 0.1) is 26.7 Å². The van der Waals surface area contributed by atoms with Gasteiger partial charge in [-0.05, 0) is 129 Å². The van der Waals surface area contributed by atoms with E-state index in [1.807, 2.05) is 18.2 Å². The number of carboxylic acid groups (broad SMARTS) is 1. The van der Waals surface area contributed by atoms with Gasteiger partial charge >= 0.3 is 0 Å². The second kappa shape index (κ2) is 38.8. The van der Waals surface area contributed by atoms with E-state index in [0.717, 1.165) is 70.5 Å². The number of ether oxygens (including phenoxy) is 4. The highest BCUT2D eigenvalue weighted by molar-refractivity contribution is 6.31. The third-order valence-corrected chi connectivity index (χ3v) is 14.0. The number of anilines is 4. The van der Waals surface area contributed by atoms with Crippen LogP contribution in [0.15, 0.2) is 112 Å². The third kappa shape index (κ3) is 23.8. The summed E-state index contributed by atoms with van der Waals surface area (Å²) in [5.41, 5.74) is 17.8. The Kier molecular flexibility index (Phi) is 30.8. The van der Waals surface area contributed by atoms with Gasteiger partial charge in [-0.2, -0.15) is 10.1 Å². The first kappa shape index (κ1) is 70.5. The maximum atomic E-state index is 13.6. The van der Waals surface area contributed by atoms with E-state index in [1.165, 1.54) is 22.9 Å². The first-order valence-corrected chi connectivity index (χ1v) is 29.8. The van der Waals surface area contributed by atoms with Crippen molar-refractivity contribution in [3.63, 3.8) is 0 Å². The van der Waals surface area contributed by atoms with E-state index >= 15 is 0 Å². The van der Waals surface area contributed by atoms with Crippen molar-refractivity contribution in [3.8, 4) is 0 Å². The number of nitrogens with two attached hydrogens (primary N) is 2. The number of aliphatic imine (C=N–C) groups is 1. The first-order chi connectivity index (χ1) is 43.1. The topological polar surface area (TPSA) is 347 Å². The smallest absolute Gasteiger partial charge is 0.290 e. The Morgan fingerprint density at radius 3 is 2.21 bits per heavy atom. The molecule has 0 fully saturated rings. The Bertz CT molecular complexity index is 3480. The van der Waals surface area contributed by atoms with E-state index in [4.69, 9.17) is 45.4 Å². The molecule has 3 aromatic carbocycles. The van der Waals surface area contributed by atoms with E-state index in [0.29, 0.717) is 108 Å². The SMILES string of the molecule is C=C/C(=C\C=C(\C(=O)NCCCCN=C/C(COCCOCCOCCOCCNC(=O)CCCNC(=O)c1ccc(NCc2cnc3nc(N)[nH]c(=O)c3n2)cc1)=N\N)C(C)CC)c1ccc2nc(C)c(CC)c(Nc3cc(C)ccc3C)c2c1.O=CO. The van der Waals surface area contributed by atoms with Crippen molar-refractivity contribution in [1.82, 2.24) is 40.9 Å². The predicted molar refractivity (Wildman–Crippen MR) is 351 cm³/mol. The minimum Gasteiger partial charge on any atom is -0.483 e. The standard InChI is InChI=1S/C64H84N14O8.CH2O2/c1-8-43(5)53(23-19-46(9-2)48-20-24-55-54(37-48)58(52(10-3)45(7)73-55)75-56-36-42(4)15-16-44(56)6)62(81)70-26-12-11-25-67-38-51(78-66)41-86-35-34-85-33-32-84-31-30-83-29-28-68-57(79)14-13-27-69-61(80)47-17-21-49(22-18-47)71-39-50-40-72-60-59(74-50)63(82)77-64(65)76-60;2-1-3/h9,15-24,36-38,40,43,71H,2,8,10-14,25-35,39,41,66H2,1,3-7H3,(H,68,79)(H,69,80)(H,70,81)(H,73,75)(H3,65,72,76,77,82);1H,(H,2,3)/b46-19+,53-23+,67-38?,78-51+;. The van der Waals surface area contributed by atoms with Crippen molar-refractivity contribution in [2.45, 2.75) is 86.6 Å². The number of allylic oxidation sites excluding steroid dienone is 4. The second-order valence-corrected chi connectivity index (χ2v) is 20.6. The van der Waals surface area contributed by atoms with Gasteiger partial charge in [0.25, 0.3) is 17.9 Å². The van der Waals surface area contributed by atoms with Gasteiger partial charge in [0.15, 0.2) is 11.2 Å². The van der Waals surface area contributed by atoms with Gasteiger partial charge in [-0.3, -0.25) is 38.9 Å². The molecular formula is C65H86N14O10. The molecule has 0 aliphatic rings. The lowest BCUT2D eigenvalue weighted by molar-refractivity contribution is -0.123. The number of nitrogen functional groups attached to an aromatic ring is 1. The average Bonchev–Trinajstić information content (AvgIpc) is 1.02. The number of nitrogens with one attached hydrogen (secondary N) is 6. The van der Waals surface area contributed by atoms with Crippen LogP contribution in [0.1, 0.15) is 96.9 Å². The molecule has 3 heterocycles. The number of hydrazone groups is 1. The lowest BCUT2D eigenvalue weighted by Crippen LogP contribution is -2.29. The fourth-order valence-corrected chi connectivity index (χ4v) is 8.97. The maximum Gasteiger partial charge on any atom is 0.290 e. The number of H-pyrrole nitrogens is 1. The second-order valence-electron chi connectivity index (χ2n) is 20.6. The highest BCUT2D eigenvalue weighted by Gasteiger charge is 2.17. The summed E-state index contributed by atoms with van der Waals surface area (Å²) in [6, 6.07) is 19.6. The highest BCUT2D eigenvalue weighted by Crippen LogP contribution is 2.35. The van der Waals surface area contributed by atoms with Crippen LogP contribution in [-0.2, 0) is 46.3 Å². The van der Waals surface area contributed by atoms with Crippen molar-refractivity contribution < 1.29 is 43.2 Å². The zero-order chi connectivity index (χ0) is 64.3. The summed E-state index contributed by atoms with van der Waals surface area (Å²) in [5.74, 6) is 5.13. The minimum atomic E-state index is -0.468. The number of hydrogen-bond acceptors (Lipinski definition) is 19. The van der Waals surface area contributed by atoms with Crippen LogP contribution in [0.25, 0.3) is 27.6 Å². The van der Waals surface area contributed by atoms with Crippen LogP contribution in [0.4, 0.5) is 23.0 Å². The molecule has 3 amide bonds. The largest absolute Gasteiger partial charge is 0.483 e. The molecule has 0 saturated carbocycles. The molecule has 24 heteroatoms. The summed E-state index contributed by atoms with van der Waals surface area (Å²) in [5, 5.41) is 27.4. The van der Waals surface area contributed by atoms with Gasteiger partial charge in [0.1, 0.15) is 5.71 Å². The number of amides is 3. The number of carbonyl (C=O) groups is 4. The van der Waals surface area contributed by atoms with Gasteiger partial charge in [-0.15, -0.1) is 0 Å². The van der Waals surface area contributed by atoms with E-state index in [2.05, 4.69) is 141 Å². The van der Waals surface area contributed by atoms with E-state index in [9.17, 15) is 19.2 Å². The quantitative estimate of drug-likeness (QED) is 0.00345. The normalized spacial score (nSPS) is 12.1. The third-order valence-electron chi connectivity index (χ3n) is 14.0. The summed E-state index contributed by atoms with van der Waals surface area (Å²) in [6.45, 7) is 21.3. The molecule has 1 atom stereocenters. The molecule has 0 aliphatic carbocycles. The molecule has 89 heavy (non-hydrogen) atoms. The summed E-state index contributed by atoms with van der Waals surface area (Å²) >= 11 is 0. The molecule has 3 aromatic heterocycles. The van der Waals surface area contributed by atoms with Crippen LogP contribution in [0.3, 0.4) is 0 Å². The highest BCUT2D eigenvalue weighted by atomic mass is 16.6. The number of benzene rings is 3. The molecule has 0 spiro atoms. The number of aryl methyl sites for hydroxylation is 3. The Balaban J connectivity index is 0.00000471. The number of unbranched alkanes of at least 4 members (excludes halogenated alkanes) is 1. The van der Waals surface area contributed by atoms with E-state index < -0.39 is 5.56 Å². The molecular weight excluding hydrogens is 1140 g/mol. The van der Waals surface area contributed by atoms with Crippen LogP contribution in [0.5, 0.6) is 0 Å². The number of pyridine rings is 1. The molecule has 476 valence electrons. The summed E-state index contributed by atoms with van der Waals surface area (Å²) in [7, 11) is 0. The Morgan fingerprint density at radius 2 is 1.52 bits per heavy atom. The Morgan fingerprint density at radius 1 is 0.820 bits per heavy atom. The molecule has 11 N–H and O–H groups in total. The average molecular weight is 1220 g/mol. The molecule has 6 aromatic rings. The predicted octanol–water partition coefficient (Wildman–Crippen LogP) is 7.60. The van der Waals surface area contributed by atoms with Gasteiger partial charge in [0.05, 0.1) is 82.5 Å². The Hall–Kier alpha value is -9.23. The maximum absolute atomic E-state index is 13.6. The van der Waals surface area contributed by atoms with Crippen LogP contribution in [0.2, 0.25) is 0 Å². The van der Waals surface area contributed by atoms with Gasteiger partial charge < -0.3 is 62.2 Å². The number of carbonyl (C=O) groups excluding carboxylic acids is 3. The summed E-state index contributed by atoms with van der Waals surface area (Å²) in [4.78, 5) is 83.2. The number of hydrogen-bond donors (Lipinski definition) is 9. The van der Waals surface area contributed by atoms with E-state index in [-0.39, 0.29) is 60.3 Å². The van der Waals surface area contributed by atoms with Gasteiger partial charge in [0, 0.05) is 72.4 Å². The zero-order valence-electron chi connectivity index (χ0n) is 51.9. The van der Waals surface area contributed by atoms with Gasteiger partial charge in [-0.25, -0.2) is 9.97 Å². The van der Waals surface area contributed by atoms with Crippen LogP contribution in [-0.4, -0.2) is 145 Å². The first-order valence-electron chi connectivity index (χ1n) is 29.8. The van der Waals surface area contributed by atoms with Crippen LogP contribution >= 0.6 is 0 Å². The molecule has 24 nitrogen and oxygen atoms in total. The van der Waals surface area contributed by atoms with Crippen molar-refractivity contribution in [2.24, 2.45) is 21.9 Å². The molecule has 1 unspecified atom stereocenters. The van der Waals surface area contributed by atoms with Crippen molar-refractivity contribution in [3.05, 3.63) is 147 Å². The number of aromatic amines is 1. The summed E-state index contributed by atoms with van der Waals surface area (Å²) in [6.07, 6.45) is 12.7. The number of nitrogens with zero attached hydrogens (tertiary/aromatic N) is 6. The van der Waals surface area contributed by atoms with Crippen molar-refractivity contribution in [2.75, 3.05) is 95.4 Å². The number of aromatic nitrogens is 5. The molecule has 0 bridgehead atoms. The number of fused-ring (bicyclic) bond motifs is 2. The summed E-state index contributed by atoms with van der Waals surface area (Å²) < 4.78 is 22.4. The van der Waals surface area contributed by atoms with Gasteiger partial charge in [0.2, 0.25) is 17.8 Å². The molecule has 0 aliphatic heterocycles. The van der Waals surface area contributed by atoms with Gasteiger partial charge in [-0.1, -0.05) is 63.8 Å². The zero-order valence-corrected chi connectivity index (χ0v) is 51.9. The van der Waals surface area contributed by atoms with Crippen molar-refractivity contribution >= 4 is 86.8 Å².